The van der Waals surface area contributed by atoms with E-state index in [1.807, 2.05) is 12.2 Å². The fourth-order valence-corrected chi connectivity index (χ4v) is 2.13. The molecular weight excluding hydrogens is 348 g/mol. The maximum atomic E-state index is 11.3. The molecule has 0 bridgehead atoms. The summed E-state index contributed by atoms with van der Waals surface area (Å²) in [7, 11) is 0. The van der Waals surface area contributed by atoms with Gasteiger partial charge in [0.05, 0.1) is 6.54 Å². The van der Waals surface area contributed by atoms with Gasteiger partial charge in [-0.2, -0.15) is 0 Å². The molecule has 2 amide bonds. The number of amides is 2. The molecular formula is C24H36N2O2. The van der Waals surface area contributed by atoms with Gasteiger partial charge in [0.25, 0.3) is 0 Å². The van der Waals surface area contributed by atoms with E-state index in [1.54, 1.807) is 0 Å². The third kappa shape index (κ3) is 21.4. The molecule has 0 fully saturated rings. The molecule has 4 heteroatoms. The number of carbonyl (C=O) groups is 2. The fraction of sp³-hybridized carbons (Fsp3) is 0.417. The van der Waals surface area contributed by atoms with Gasteiger partial charge in [-0.25, -0.2) is 0 Å². The van der Waals surface area contributed by atoms with Crippen LogP contribution in [0.5, 0.6) is 0 Å². The molecule has 0 aromatic heterocycles. The van der Waals surface area contributed by atoms with Crippen molar-refractivity contribution in [3.8, 4) is 0 Å². The summed E-state index contributed by atoms with van der Waals surface area (Å²) in [6.07, 6.45) is 32.7. The van der Waals surface area contributed by atoms with Gasteiger partial charge in [0.1, 0.15) is 0 Å². The minimum Gasteiger partial charge on any atom is -0.368 e. The molecule has 0 aliphatic carbocycles. The first-order chi connectivity index (χ1) is 13.7. The van der Waals surface area contributed by atoms with Gasteiger partial charge in [-0.05, 0) is 44.9 Å². The molecule has 0 aliphatic rings. The Morgan fingerprint density at radius 1 is 0.679 bits per heavy atom. The zero-order chi connectivity index (χ0) is 20.7. The van der Waals surface area contributed by atoms with E-state index in [1.165, 1.54) is 0 Å². The van der Waals surface area contributed by atoms with Crippen molar-refractivity contribution in [1.29, 1.82) is 0 Å². The van der Waals surface area contributed by atoms with Crippen molar-refractivity contribution < 1.29 is 9.59 Å². The van der Waals surface area contributed by atoms with E-state index >= 15 is 0 Å². The SMILES string of the molecule is CC/C=C\C/C=C\C/C=C\C/C=C\C/C=C\C/C=C\CCC(=O)NCC(N)=O. The highest BCUT2D eigenvalue weighted by Gasteiger charge is 2.00. The molecule has 0 aliphatic heterocycles. The van der Waals surface area contributed by atoms with Crippen molar-refractivity contribution in [2.24, 2.45) is 5.73 Å². The number of nitrogens with two attached hydrogens (primary N) is 1. The number of primary amides is 1. The summed E-state index contributed by atoms with van der Waals surface area (Å²) in [4.78, 5) is 21.9. The Morgan fingerprint density at radius 2 is 1.07 bits per heavy atom. The van der Waals surface area contributed by atoms with Gasteiger partial charge < -0.3 is 11.1 Å². The molecule has 154 valence electrons. The molecule has 28 heavy (non-hydrogen) atoms. The third-order valence-electron chi connectivity index (χ3n) is 3.59. The number of allylic oxidation sites excluding steroid dienone is 12. The van der Waals surface area contributed by atoms with Crippen molar-refractivity contribution in [1.82, 2.24) is 5.32 Å². The van der Waals surface area contributed by atoms with E-state index in [0.717, 1.165) is 38.5 Å². The highest BCUT2D eigenvalue weighted by atomic mass is 16.2. The molecule has 0 saturated heterocycles. The lowest BCUT2D eigenvalue weighted by atomic mass is 10.2. The van der Waals surface area contributed by atoms with Crippen molar-refractivity contribution in [2.75, 3.05) is 6.54 Å². The monoisotopic (exact) mass is 384 g/mol. The standard InChI is InChI=1S/C24H36N2O2/c1-2-3-4-5-6-7-8-9-10-11-12-13-14-15-16-17-18-19-20-21-24(28)26-22-23(25)27/h3-4,6-7,9-10,12-13,15-16,18-19H,2,5,8,11,14,17,20-22H2,1H3,(H2,25,27)(H,26,28)/b4-3-,7-6-,10-9-,13-12-,16-15-,19-18-. The summed E-state index contributed by atoms with van der Waals surface area (Å²) in [5, 5.41) is 2.46. The second-order valence-electron chi connectivity index (χ2n) is 6.20. The lowest BCUT2D eigenvalue weighted by Crippen LogP contribution is -2.32. The van der Waals surface area contributed by atoms with Gasteiger partial charge in [0.2, 0.25) is 11.8 Å². The average molecular weight is 385 g/mol. The topological polar surface area (TPSA) is 72.2 Å². The lowest BCUT2D eigenvalue weighted by Gasteiger charge is -1.99. The Morgan fingerprint density at radius 3 is 1.46 bits per heavy atom. The first kappa shape index (κ1) is 25.4. The summed E-state index contributed by atoms with van der Waals surface area (Å²) in [5.41, 5.74) is 4.96. The highest BCUT2D eigenvalue weighted by molar-refractivity contribution is 5.83. The molecule has 0 radical (unpaired) electrons. The minimum absolute atomic E-state index is 0.0947. The molecule has 0 unspecified atom stereocenters. The average Bonchev–Trinajstić information content (AvgIpc) is 2.68. The van der Waals surface area contributed by atoms with Crippen molar-refractivity contribution >= 4 is 11.8 Å². The lowest BCUT2D eigenvalue weighted by molar-refractivity contribution is -0.124. The predicted octanol–water partition coefficient (Wildman–Crippen LogP) is 5.07. The van der Waals surface area contributed by atoms with Crippen molar-refractivity contribution in [2.45, 2.75) is 58.3 Å². The van der Waals surface area contributed by atoms with Gasteiger partial charge in [0.15, 0.2) is 0 Å². The van der Waals surface area contributed by atoms with E-state index in [9.17, 15) is 9.59 Å². The quantitative estimate of drug-likeness (QED) is 0.365. The van der Waals surface area contributed by atoms with E-state index in [4.69, 9.17) is 5.73 Å². The molecule has 3 N–H and O–H groups in total. The Labute approximate surface area is 170 Å². The van der Waals surface area contributed by atoms with Crippen LogP contribution in [0.15, 0.2) is 72.9 Å². The minimum atomic E-state index is -0.526. The fourth-order valence-electron chi connectivity index (χ4n) is 2.13. The summed E-state index contributed by atoms with van der Waals surface area (Å²) in [6, 6.07) is 0. The van der Waals surface area contributed by atoms with Gasteiger partial charge in [0, 0.05) is 6.42 Å². The summed E-state index contributed by atoms with van der Waals surface area (Å²) in [5.74, 6) is -0.680. The number of carbonyl (C=O) groups excluding carboxylic acids is 2. The summed E-state index contributed by atoms with van der Waals surface area (Å²) in [6.45, 7) is 2.05. The molecule has 0 aromatic carbocycles. The highest BCUT2D eigenvalue weighted by Crippen LogP contribution is 1.97. The van der Waals surface area contributed by atoms with Crippen LogP contribution in [-0.4, -0.2) is 18.4 Å². The van der Waals surface area contributed by atoms with Gasteiger partial charge >= 0.3 is 0 Å². The van der Waals surface area contributed by atoms with E-state index in [2.05, 4.69) is 73.0 Å². The Hall–Kier alpha value is -2.62. The molecule has 4 nitrogen and oxygen atoms in total. The number of hydrogen-bond donors (Lipinski definition) is 2. The maximum absolute atomic E-state index is 11.3. The van der Waals surface area contributed by atoms with Crippen molar-refractivity contribution in [3.63, 3.8) is 0 Å². The molecule has 0 rings (SSSR count). The largest absolute Gasteiger partial charge is 0.368 e. The number of hydrogen-bond acceptors (Lipinski definition) is 2. The normalized spacial score (nSPS) is 12.6. The zero-order valence-corrected chi connectivity index (χ0v) is 17.2. The summed E-state index contributed by atoms with van der Waals surface area (Å²) >= 11 is 0. The van der Waals surface area contributed by atoms with Crippen LogP contribution in [0.4, 0.5) is 0 Å². The van der Waals surface area contributed by atoms with Crippen molar-refractivity contribution in [3.05, 3.63) is 72.9 Å². The van der Waals surface area contributed by atoms with Crippen LogP contribution in [0.2, 0.25) is 0 Å². The smallest absolute Gasteiger partial charge is 0.236 e. The van der Waals surface area contributed by atoms with E-state index in [0.29, 0.717) is 12.8 Å². The van der Waals surface area contributed by atoms with Crippen LogP contribution in [0, 0.1) is 0 Å². The molecule has 0 spiro atoms. The van der Waals surface area contributed by atoms with Gasteiger partial charge in [-0.1, -0.05) is 79.8 Å². The Balaban J connectivity index is 3.58. The Kier molecular flexibility index (Phi) is 18.8. The maximum Gasteiger partial charge on any atom is 0.236 e. The van der Waals surface area contributed by atoms with E-state index < -0.39 is 5.91 Å². The number of rotatable bonds is 16. The van der Waals surface area contributed by atoms with Crippen LogP contribution < -0.4 is 11.1 Å². The second-order valence-corrected chi connectivity index (χ2v) is 6.20. The molecule has 0 aromatic rings. The Bertz CT molecular complexity index is 581. The van der Waals surface area contributed by atoms with Crippen LogP contribution in [-0.2, 0) is 9.59 Å². The first-order valence-electron chi connectivity index (χ1n) is 10.1. The zero-order valence-electron chi connectivity index (χ0n) is 17.2. The third-order valence-corrected chi connectivity index (χ3v) is 3.59. The van der Waals surface area contributed by atoms with Crippen LogP contribution in [0.3, 0.4) is 0 Å². The van der Waals surface area contributed by atoms with Crippen LogP contribution in [0.1, 0.15) is 58.3 Å². The number of nitrogens with one attached hydrogen (secondary N) is 1. The van der Waals surface area contributed by atoms with Crippen LogP contribution in [0.25, 0.3) is 0 Å². The predicted molar refractivity (Wildman–Crippen MR) is 120 cm³/mol. The molecule has 0 heterocycles. The molecule has 0 saturated carbocycles. The first-order valence-corrected chi connectivity index (χ1v) is 10.1. The van der Waals surface area contributed by atoms with Crippen LogP contribution >= 0.6 is 0 Å². The van der Waals surface area contributed by atoms with Gasteiger partial charge in [-0.15, -0.1) is 0 Å². The summed E-state index contributed by atoms with van der Waals surface area (Å²) < 4.78 is 0. The van der Waals surface area contributed by atoms with E-state index in [-0.39, 0.29) is 12.5 Å². The second kappa shape index (κ2) is 20.7. The van der Waals surface area contributed by atoms with Gasteiger partial charge in [-0.3, -0.25) is 9.59 Å². The molecule has 0 atom stereocenters.